The van der Waals surface area contributed by atoms with E-state index in [1.54, 1.807) is 5.57 Å². The first-order chi connectivity index (χ1) is 11.9. The Balaban J connectivity index is 1.60. The van der Waals surface area contributed by atoms with Crippen molar-refractivity contribution in [3.63, 3.8) is 0 Å². The summed E-state index contributed by atoms with van der Waals surface area (Å²) >= 11 is 0. The maximum absolute atomic E-state index is 12.2. The van der Waals surface area contributed by atoms with Crippen molar-refractivity contribution in [3.05, 3.63) is 11.6 Å². The molecule has 0 heterocycles. The normalized spacial score (nSPS) is 49.0. The summed E-state index contributed by atoms with van der Waals surface area (Å²) in [6.07, 6.45) is 13.0. The number of fused-ring (bicyclic) bond motifs is 5. The molecule has 0 aliphatic heterocycles. The van der Waals surface area contributed by atoms with Gasteiger partial charge in [-0.25, -0.2) is 0 Å². The Kier molecular flexibility index (Phi) is 4.42. The lowest BCUT2D eigenvalue weighted by molar-refractivity contribution is -0.127. The van der Waals surface area contributed by atoms with E-state index in [2.05, 4.69) is 26.8 Å². The molecule has 0 aromatic rings. The SMILES string of the molecule is CCO[C@H]1CC[C@@]2(C)C(=CC[C@H]3[C@@H]4CC[C@H](C(C)=O)[C@@]4(C)CC[C@@H]32)C1. The molecule has 0 saturated heterocycles. The van der Waals surface area contributed by atoms with Gasteiger partial charge in [0.05, 0.1) is 6.10 Å². The summed E-state index contributed by atoms with van der Waals surface area (Å²) in [6, 6.07) is 0. The van der Waals surface area contributed by atoms with Crippen LogP contribution in [0.15, 0.2) is 11.6 Å². The number of rotatable bonds is 3. The lowest BCUT2D eigenvalue weighted by Crippen LogP contribution is -2.51. The van der Waals surface area contributed by atoms with Crippen molar-refractivity contribution in [3.8, 4) is 0 Å². The Morgan fingerprint density at radius 2 is 1.96 bits per heavy atom. The Morgan fingerprint density at radius 3 is 2.68 bits per heavy atom. The average Bonchev–Trinajstić information content (AvgIpc) is 2.93. The van der Waals surface area contributed by atoms with Crippen LogP contribution >= 0.6 is 0 Å². The van der Waals surface area contributed by atoms with Crippen molar-refractivity contribution in [1.29, 1.82) is 0 Å². The van der Waals surface area contributed by atoms with Crippen LogP contribution in [0.3, 0.4) is 0 Å². The van der Waals surface area contributed by atoms with Gasteiger partial charge in [0.15, 0.2) is 0 Å². The topological polar surface area (TPSA) is 26.3 Å². The van der Waals surface area contributed by atoms with Gasteiger partial charge in [-0.2, -0.15) is 0 Å². The molecular weight excluding hydrogens is 308 g/mol. The highest BCUT2D eigenvalue weighted by Crippen LogP contribution is 2.66. The number of hydrogen-bond donors (Lipinski definition) is 0. The highest BCUT2D eigenvalue weighted by Gasteiger charge is 2.59. The third-order valence-corrected chi connectivity index (χ3v) is 8.95. The highest BCUT2D eigenvalue weighted by molar-refractivity contribution is 5.79. The quantitative estimate of drug-likeness (QED) is 0.627. The zero-order chi connectivity index (χ0) is 17.8. The van der Waals surface area contributed by atoms with E-state index in [4.69, 9.17) is 4.74 Å². The van der Waals surface area contributed by atoms with Gasteiger partial charge in [-0.15, -0.1) is 0 Å². The van der Waals surface area contributed by atoms with E-state index in [0.717, 1.165) is 37.2 Å². The number of allylic oxidation sites excluding steroid dienone is 1. The van der Waals surface area contributed by atoms with Crippen LogP contribution in [0.4, 0.5) is 0 Å². The molecule has 0 amide bonds. The molecule has 4 aliphatic carbocycles. The zero-order valence-electron chi connectivity index (χ0n) is 16.6. The van der Waals surface area contributed by atoms with E-state index in [0.29, 0.717) is 23.2 Å². The van der Waals surface area contributed by atoms with Gasteiger partial charge < -0.3 is 4.74 Å². The van der Waals surface area contributed by atoms with E-state index in [-0.39, 0.29) is 5.41 Å². The van der Waals surface area contributed by atoms with Gasteiger partial charge in [-0.1, -0.05) is 25.5 Å². The Labute approximate surface area is 153 Å². The molecule has 7 atom stereocenters. The van der Waals surface area contributed by atoms with Gasteiger partial charge in [0, 0.05) is 12.5 Å². The second kappa shape index (κ2) is 6.22. The van der Waals surface area contributed by atoms with Crippen molar-refractivity contribution in [2.45, 2.75) is 85.2 Å². The minimum absolute atomic E-state index is 0.275. The van der Waals surface area contributed by atoms with Crippen molar-refractivity contribution in [2.75, 3.05) is 6.61 Å². The van der Waals surface area contributed by atoms with Crippen LogP contribution in [0, 0.1) is 34.5 Å². The van der Waals surface area contributed by atoms with Crippen LogP contribution < -0.4 is 0 Å². The minimum atomic E-state index is 0.275. The molecule has 0 N–H and O–H groups in total. The van der Waals surface area contributed by atoms with Crippen LogP contribution in [-0.4, -0.2) is 18.5 Å². The third-order valence-electron chi connectivity index (χ3n) is 8.95. The standard InChI is InChI=1S/C23H36O2/c1-5-25-17-10-12-22(3)16(14-17)6-7-18-20-9-8-19(15(2)24)23(20,4)13-11-21(18)22/h6,17-21H,5,7-14H2,1-4H3/t17-,18-,19+,20-,21-,22-,23+/m0/s1. The van der Waals surface area contributed by atoms with E-state index < -0.39 is 0 Å². The molecule has 2 nitrogen and oxygen atoms in total. The second-order valence-electron chi connectivity index (χ2n) is 9.86. The van der Waals surface area contributed by atoms with Gasteiger partial charge in [0.25, 0.3) is 0 Å². The molecule has 3 saturated carbocycles. The summed E-state index contributed by atoms with van der Waals surface area (Å²) in [6.45, 7) is 9.79. The first kappa shape index (κ1) is 17.8. The van der Waals surface area contributed by atoms with E-state index in [1.807, 2.05) is 6.92 Å². The van der Waals surface area contributed by atoms with Crippen LogP contribution in [0.5, 0.6) is 0 Å². The molecule has 0 unspecified atom stereocenters. The first-order valence-electron chi connectivity index (χ1n) is 10.7. The average molecular weight is 345 g/mol. The molecule has 3 fully saturated rings. The largest absolute Gasteiger partial charge is 0.378 e. The maximum atomic E-state index is 12.2. The molecule has 25 heavy (non-hydrogen) atoms. The molecule has 0 spiro atoms. The van der Waals surface area contributed by atoms with Crippen LogP contribution in [-0.2, 0) is 9.53 Å². The third kappa shape index (κ3) is 2.58. The summed E-state index contributed by atoms with van der Waals surface area (Å²) in [5.74, 6) is 3.17. The van der Waals surface area contributed by atoms with E-state index in [9.17, 15) is 4.79 Å². The molecule has 4 rings (SSSR count). The number of ether oxygens (including phenoxy) is 1. The fraction of sp³-hybridized carbons (Fsp3) is 0.870. The summed E-state index contributed by atoms with van der Waals surface area (Å²) in [4.78, 5) is 12.2. The zero-order valence-corrected chi connectivity index (χ0v) is 16.6. The monoisotopic (exact) mass is 344 g/mol. The fourth-order valence-corrected chi connectivity index (χ4v) is 7.67. The lowest BCUT2D eigenvalue weighted by Gasteiger charge is -2.58. The Morgan fingerprint density at radius 1 is 1.16 bits per heavy atom. The van der Waals surface area contributed by atoms with Gasteiger partial charge >= 0.3 is 0 Å². The maximum Gasteiger partial charge on any atom is 0.133 e. The summed E-state index contributed by atoms with van der Waals surface area (Å²) in [5.41, 5.74) is 2.37. The van der Waals surface area contributed by atoms with Crippen LogP contribution in [0.2, 0.25) is 0 Å². The van der Waals surface area contributed by atoms with Crippen molar-refractivity contribution >= 4 is 5.78 Å². The Bertz CT molecular complexity index is 579. The van der Waals surface area contributed by atoms with Crippen molar-refractivity contribution < 1.29 is 9.53 Å². The predicted molar refractivity (Wildman–Crippen MR) is 101 cm³/mol. The number of hydrogen-bond acceptors (Lipinski definition) is 2. The number of ketones is 1. The predicted octanol–water partition coefficient (Wildman–Crippen LogP) is 5.56. The molecule has 2 heteroatoms. The van der Waals surface area contributed by atoms with Gasteiger partial charge in [-0.05, 0) is 93.8 Å². The van der Waals surface area contributed by atoms with Crippen LogP contribution in [0.25, 0.3) is 0 Å². The lowest BCUT2D eigenvalue weighted by atomic mass is 9.47. The number of carbonyl (C=O) groups excluding carboxylic acids is 1. The fourth-order valence-electron chi connectivity index (χ4n) is 7.67. The molecule has 0 aromatic carbocycles. The summed E-state index contributed by atoms with van der Waals surface area (Å²) in [7, 11) is 0. The first-order valence-corrected chi connectivity index (χ1v) is 10.7. The smallest absolute Gasteiger partial charge is 0.133 e. The molecule has 140 valence electrons. The van der Waals surface area contributed by atoms with Crippen molar-refractivity contribution in [2.24, 2.45) is 34.5 Å². The number of Topliss-reactive ketones (excluding diaryl/α,β-unsaturated/α-hetero) is 1. The van der Waals surface area contributed by atoms with E-state index in [1.165, 1.54) is 38.5 Å². The van der Waals surface area contributed by atoms with Gasteiger partial charge in [-0.3, -0.25) is 4.79 Å². The minimum Gasteiger partial charge on any atom is -0.378 e. The van der Waals surface area contributed by atoms with Crippen molar-refractivity contribution in [1.82, 2.24) is 0 Å². The molecule has 4 aliphatic rings. The molecular formula is C23H36O2. The number of carbonyl (C=O) groups is 1. The van der Waals surface area contributed by atoms with E-state index >= 15 is 0 Å². The second-order valence-corrected chi connectivity index (χ2v) is 9.86. The van der Waals surface area contributed by atoms with Gasteiger partial charge in [0.1, 0.15) is 5.78 Å². The summed E-state index contributed by atoms with van der Waals surface area (Å²) < 4.78 is 5.96. The molecule has 0 aromatic heterocycles. The summed E-state index contributed by atoms with van der Waals surface area (Å²) in [5, 5.41) is 0. The highest BCUT2D eigenvalue weighted by atomic mass is 16.5. The Hall–Kier alpha value is -0.630. The molecule has 0 bridgehead atoms. The molecule has 0 radical (unpaired) electrons. The van der Waals surface area contributed by atoms with Crippen LogP contribution in [0.1, 0.15) is 79.1 Å². The van der Waals surface area contributed by atoms with Gasteiger partial charge in [0.2, 0.25) is 0 Å².